The first-order valence-corrected chi connectivity index (χ1v) is 22.1. The smallest absolute Gasteiger partial charge is 0.306 e. The zero-order valence-electron chi connectivity index (χ0n) is 35.5. The number of aliphatic hydroxyl groups is 7. The van der Waals surface area contributed by atoms with Gasteiger partial charge in [-0.3, -0.25) is 9.59 Å². The number of carbonyl (C=O) groups is 2. The van der Waals surface area contributed by atoms with Gasteiger partial charge in [0.05, 0.1) is 19.8 Å². The number of rotatable bonds is 32. The molecule has 11 atom stereocenters. The summed E-state index contributed by atoms with van der Waals surface area (Å²) >= 11 is 0. The summed E-state index contributed by atoms with van der Waals surface area (Å²) in [7, 11) is 0. The van der Waals surface area contributed by atoms with Gasteiger partial charge in [-0.15, -0.1) is 0 Å². The van der Waals surface area contributed by atoms with Gasteiger partial charge in [0.2, 0.25) is 0 Å². The number of ether oxygens (including phenoxy) is 6. The molecular formula is C44H76O15. The predicted octanol–water partition coefficient (Wildman–Crippen LogP) is 4.20. The fourth-order valence-electron chi connectivity index (χ4n) is 6.70. The third kappa shape index (κ3) is 21.9. The monoisotopic (exact) mass is 845 g/mol. The average molecular weight is 845 g/mol. The van der Waals surface area contributed by atoms with E-state index < -0.39 is 92.7 Å². The number of unbranched alkanes of at least 4 members (excludes halogenated alkanes) is 12. The molecule has 2 rings (SSSR count). The number of allylic oxidation sites excluding steroid dienone is 6. The number of hydrogen-bond donors (Lipinski definition) is 7. The van der Waals surface area contributed by atoms with E-state index in [1.807, 2.05) is 0 Å². The minimum atomic E-state index is -1.77. The van der Waals surface area contributed by atoms with Gasteiger partial charge in [0, 0.05) is 12.8 Å². The van der Waals surface area contributed by atoms with E-state index in [1.54, 1.807) is 0 Å². The summed E-state index contributed by atoms with van der Waals surface area (Å²) in [6, 6.07) is 0. The Morgan fingerprint density at radius 3 is 1.68 bits per heavy atom. The molecule has 15 heteroatoms. The number of aliphatic hydroxyl groups excluding tert-OH is 7. The average Bonchev–Trinajstić information content (AvgIpc) is 3.23. The third-order valence-corrected chi connectivity index (χ3v) is 10.4. The summed E-state index contributed by atoms with van der Waals surface area (Å²) in [5.41, 5.74) is 0. The molecule has 0 aromatic carbocycles. The second-order valence-electron chi connectivity index (χ2n) is 15.5. The highest BCUT2D eigenvalue weighted by atomic mass is 16.7. The topological polar surface area (TPSA) is 231 Å². The molecule has 11 unspecified atom stereocenters. The molecule has 0 saturated carbocycles. The third-order valence-electron chi connectivity index (χ3n) is 10.4. The van der Waals surface area contributed by atoms with E-state index in [0.717, 1.165) is 70.6 Å². The molecule has 0 spiro atoms. The lowest BCUT2D eigenvalue weighted by Crippen LogP contribution is -2.61. The minimum Gasteiger partial charge on any atom is -0.462 e. The maximum absolute atomic E-state index is 12.9. The summed E-state index contributed by atoms with van der Waals surface area (Å²) in [6.45, 7) is 2.39. The molecule has 0 aromatic heterocycles. The van der Waals surface area contributed by atoms with Gasteiger partial charge in [0.1, 0.15) is 55.4 Å². The number of esters is 2. The number of carbonyl (C=O) groups excluding carboxylic acids is 2. The molecule has 0 aliphatic carbocycles. The van der Waals surface area contributed by atoms with Gasteiger partial charge in [-0.1, -0.05) is 115 Å². The Labute approximate surface area is 351 Å². The Balaban J connectivity index is 1.87. The lowest BCUT2D eigenvalue weighted by molar-refractivity contribution is -0.332. The van der Waals surface area contributed by atoms with Crippen LogP contribution in [0, 0.1) is 0 Å². The molecule has 2 saturated heterocycles. The van der Waals surface area contributed by atoms with Gasteiger partial charge in [-0.2, -0.15) is 0 Å². The molecular weight excluding hydrogens is 768 g/mol. The summed E-state index contributed by atoms with van der Waals surface area (Å²) in [4.78, 5) is 25.5. The van der Waals surface area contributed by atoms with E-state index in [2.05, 4.69) is 50.3 Å². The standard InChI is InChI=1S/C44H76O15/c1-3-5-7-9-11-13-14-15-16-17-18-19-21-23-25-27-36(47)57-32(29-54-35(46)26-24-22-20-12-10-8-6-4-2)30-55-43-42(53)40(51)38(49)34(59-43)31-56-44-41(52)39(50)37(48)33(28-45)58-44/h5,7,11,13,15-16,32-34,37-45,48-53H,3-4,6,8-10,12,14,17-31H2,1-2H3/b7-5-,13-11-,16-15-. The normalized spacial score (nSPS) is 28.2. The van der Waals surface area contributed by atoms with Crippen molar-refractivity contribution in [2.45, 2.75) is 203 Å². The predicted molar refractivity (Wildman–Crippen MR) is 220 cm³/mol. The zero-order valence-corrected chi connectivity index (χ0v) is 35.5. The van der Waals surface area contributed by atoms with Gasteiger partial charge >= 0.3 is 11.9 Å². The van der Waals surface area contributed by atoms with Crippen LogP contribution in [0.2, 0.25) is 0 Å². The highest BCUT2D eigenvalue weighted by Crippen LogP contribution is 2.26. The van der Waals surface area contributed by atoms with Gasteiger partial charge < -0.3 is 64.2 Å². The maximum atomic E-state index is 12.9. The van der Waals surface area contributed by atoms with Crippen LogP contribution in [0.1, 0.15) is 136 Å². The van der Waals surface area contributed by atoms with E-state index in [0.29, 0.717) is 12.8 Å². The Hall–Kier alpha value is -2.28. The molecule has 7 N–H and O–H groups in total. The first kappa shape index (κ1) is 52.9. The van der Waals surface area contributed by atoms with E-state index in [4.69, 9.17) is 28.4 Å². The van der Waals surface area contributed by atoms with Crippen molar-refractivity contribution in [3.63, 3.8) is 0 Å². The SMILES string of the molecule is CC/C=C\C/C=C\C/C=C\CCCCCCCC(=O)OC(COC(=O)CCCCCCCCCC)COC1OC(COC2OC(CO)C(O)C(O)C2O)C(O)C(O)C1O. The summed E-state index contributed by atoms with van der Waals surface area (Å²) in [5.74, 6) is -0.952. The quantitative estimate of drug-likeness (QED) is 0.0286. The minimum absolute atomic E-state index is 0.146. The van der Waals surface area contributed by atoms with Crippen molar-refractivity contribution in [1.29, 1.82) is 0 Å². The summed E-state index contributed by atoms with van der Waals surface area (Å²) < 4.78 is 33.3. The van der Waals surface area contributed by atoms with Crippen LogP contribution in [-0.2, 0) is 38.0 Å². The van der Waals surface area contributed by atoms with Gasteiger partial charge in [-0.25, -0.2) is 0 Å². The van der Waals surface area contributed by atoms with Crippen LogP contribution in [0.3, 0.4) is 0 Å². The van der Waals surface area contributed by atoms with Crippen LogP contribution in [0.25, 0.3) is 0 Å². The van der Waals surface area contributed by atoms with E-state index >= 15 is 0 Å². The summed E-state index contributed by atoms with van der Waals surface area (Å²) in [6.07, 6.45) is 13.5. The Morgan fingerprint density at radius 2 is 1.07 bits per heavy atom. The van der Waals surface area contributed by atoms with Crippen molar-refractivity contribution in [1.82, 2.24) is 0 Å². The molecule has 59 heavy (non-hydrogen) atoms. The Morgan fingerprint density at radius 1 is 0.559 bits per heavy atom. The Kier molecular flexibility index (Phi) is 29.1. The van der Waals surface area contributed by atoms with E-state index in [-0.39, 0.29) is 26.1 Å². The molecule has 2 aliphatic rings. The van der Waals surface area contributed by atoms with Gasteiger partial charge in [0.25, 0.3) is 0 Å². The van der Waals surface area contributed by atoms with Crippen LogP contribution in [0.4, 0.5) is 0 Å². The van der Waals surface area contributed by atoms with Crippen molar-refractivity contribution in [3.05, 3.63) is 36.5 Å². The fourth-order valence-corrected chi connectivity index (χ4v) is 6.70. The second kappa shape index (κ2) is 32.4. The highest BCUT2D eigenvalue weighted by molar-refractivity contribution is 5.70. The van der Waals surface area contributed by atoms with Crippen LogP contribution < -0.4 is 0 Å². The molecule has 2 heterocycles. The zero-order chi connectivity index (χ0) is 43.3. The molecule has 2 aliphatic heterocycles. The maximum Gasteiger partial charge on any atom is 0.306 e. The largest absolute Gasteiger partial charge is 0.462 e. The summed E-state index contributed by atoms with van der Waals surface area (Å²) in [5, 5.41) is 71.7. The molecule has 0 radical (unpaired) electrons. The van der Waals surface area contributed by atoms with Crippen LogP contribution >= 0.6 is 0 Å². The van der Waals surface area contributed by atoms with Crippen LogP contribution in [0.5, 0.6) is 0 Å². The van der Waals surface area contributed by atoms with Crippen molar-refractivity contribution in [2.75, 3.05) is 26.4 Å². The van der Waals surface area contributed by atoms with Crippen LogP contribution in [-0.4, -0.2) is 142 Å². The fraction of sp³-hybridized carbons (Fsp3) is 0.818. The Bertz CT molecular complexity index is 1180. The lowest BCUT2D eigenvalue weighted by Gasteiger charge is -2.42. The van der Waals surface area contributed by atoms with Crippen molar-refractivity contribution < 1.29 is 73.8 Å². The van der Waals surface area contributed by atoms with E-state index in [9.17, 15) is 45.3 Å². The molecule has 15 nitrogen and oxygen atoms in total. The van der Waals surface area contributed by atoms with Crippen molar-refractivity contribution in [2.24, 2.45) is 0 Å². The molecule has 342 valence electrons. The highest BCUT2D eigenvalue weighted by Gasteiger charge is 2.47. The number of hydrogen-bond acceptors (Lipinski definition) is 15. The van der Waals surface area contributed by atoms with Gasteiger partial charge in [0.15, 0.2) is 18.7 Å². The molecule has 2 fully saturated rings. The van der Waals surface area contributed by atoms with Gasteiger partial charge in [-0.05, 0) is 44.9 Å². The molecule has 0 bridgehead atoms. The molecule has 0 amide bonds. The first-order valence-electron chi connectivity index (χ1n) is 22.1. The van der Waals surface area contributed by atoms with Crippen molar-refractivity contribution in [3.8, 4) is 0 Å². The van der Waals surface area contributed by atoms with E-state index in [1.165, 1.54) is 25.7 Å². The first-order chi connectivity index (χ1) is 28.5. The van der Waals surface area contributed by atoms with Crippen LogP contribution in [0.15, 0.2) is 36.5 Å². The van der Waals surface area contributed by atoms with Crippen molar-refractivity contribution >= 4 is 11.9 Å². The lowest BCUT2D eigenvalue weighted by atomic mass is 9.98. The second-order valence-corrected chi connectivity index (χ2v) is 15.5. The molecule has 0 aromatic rings.